The second-order valence-electron chi connectivity index (χ2n) is 11.5. The standard InChI is InChI=1S/C32H32ClN5O6S/c1-5-45(42,43)22-12-10-21(11-13-22)38-28-23(27(37-38)29(34)39)14-7-18-6-8-19(16-24(18)28)35-30(40)25-17-20(9-15-26(25)33)36-31(41)44-32(2,3)4/h6,8-13,15-17H,5,7,14H2,1-4H3,(H2,34,39)(H,35,40)(H,36,41). The molecule has 0 aliphatic heterocycles. The van der Waals surface area contributed by atoms with E-state index in [1.54, 1.807) is 62.7 Å². The summed E-state index contributed by atoms with van der Waals surface area (Å²) in [6.07, 6.45) is 0.456. The molecular weight excluding hydrogens is 618 g/mol. The summed E-state index contributed by atoms with van der Waals surface area (Å²) in [4.78, 5) is 38.2. The first-order chi connectivity index (χ1) is 21.2. The number of anilines is 2. The van der Waals surface area contributed by atoms with Gasteiger partial charge in [0, 0.05) is 22.5 Å². The van der Waals surface area contributed by atoms with E-state index in [1.165, 1.54) is 24.3 Å². The second-order valence-corrected chi connectivity index (χ2v) is 14.2. The van der Waals surface area contributed by atoms with Crippen molar-refractivity contribution in [2.24, 2.45) is 5.73 Å². The molecule has 0 saturated carbocycles. The number of amides is 3. The molecule has 1 aromatic heterocycles. The Labute approximate surface area is 265 Å². The molecule has 0 saturated heterocycles. The monoisotopic (exact) mass is 649 g/mol. The number of fused-ring (bicyclic) bond motifs is 3. The number of benzene rings is 3. The lowest BCUT2D eigenvalue weighted by Crippen LogP contribution is -2.27. The van der Waals surface area contributed by atoms with Crippen molar-refractivity contribution in [3.05, 3.63) is 88.1 Å². The molecule has 0 unspecified atom stereocenters. The van der Waals surface area contributed by atoms with Crippen molar-refractivity contribution < 1.29 is 27.5 Å². The molecule has 234 valence electrons. The third-order valence-corrected chi connectivity index (χ3v) is 9.24. The highest BCUT2D eigenvalue weighted by Crippen LogP contribution is 2.38. The molecule has 1 aliphatic rings. The van der Waals surface area contributed by atoms with Crippen molar-refractivity contribution in [3.63, 3.8) is 0 Å². The van der Waals surface area contributed by atoms with Gasteiger partial charge in [-0.1, -0.05) is 24.6 Å². The fourth-order valence-corrected chi connectivity index (χ4v) is 6.15. The molecular formula is C32H32ClN5O6S. The van der Waals surface area contributed by atoms with Crippen LogP contribution in [0, 0.1) is 0 Å². The van der Waals surface area contributed by atoms with Crippen molar-refractivity contribution in [1.82, 2.24) is 9.78 Å². The number of hydrogen-bond acceptors (Lipinski definition) is 7. The van der Waals surface area contributed by atoms with Crippen LogP contribution in [0.2, 0.25) is 5.02 Å². The number of ether oxygens (including phenoxy) is 1. The van der Waals surface area contributed by atoms with E-state index in [0.717, 1.165) is 11.1 Å². The lowest BCUT2D eigenvalue weighted by Gasteiger charge is -2.20. The van der Waals surface area contributed by atoms with Crippen LogP contribution in [0.5, 0.6) is 0 Å². The third-order valence-electron chi connectivity index (χ3n) is 7.16. The molecule has 0 fully saturated rings. The summed E-state index contributed by atoms with van der Waals surface area (Å²) in [6.45, 7) is 6.80. The first-order valence-corrected chi connectivity index (χ1v) is 16.2. The molecule has 3 aromatic carbocycles. The lowest BCUT2D eigenvalue weighted by molar-refractivity contribution is 0.0635. The Balaban J connectivity index is 1.49. The minimum Gasteiger partial charge on any atom is -0.444 e. The Hall–Kier alpha value is -4.68. The predicted octanol–water partition coefficient (Wildman–Crippen LogP) is 5.78. The van der Waals surface area contributed by atoms with Crippen molar-refractivity contribution in [2.45, 2.75) is 51.0 Å². The summed E-state index contributed by atoms with van der Waals surface area (Å²) in [7, 11) is -3.41. The van der Waals surface area contributed by atoms with E-state index in [-0.39, 0.29) is 26.9 Å². The van der Waals surface area contributed by atoms with Crippen LogP contribution < -0.4 is 16.4 Å². The van der Waals surface area contributed by atoms with Gasteiger partial charge in [-0.3, -0.25) is 14.9 Å². The van der Waals surface area contributed by atoms with Crippen molar-refractivity contribution in [2.75, 3.05) is 16.4 Å². The largest absolute Gasteiger partial charge is 0.444 e. The highest BCUT2D eigenvalue weighted by atomic mass is 35.5. The van der Waals surface area contributed by atoms with Gasteiger partial charge in [-0.2, -0.15) is 5.10 Å². The maximum Gasteiger partial charge on any atom is 0.412 e. The number of carbonyl (C=O) groups excluding carboxylic acids is 3. The van der Waals surface area contributed by atoms with Gasteiger partial charge in [0.2, 0.25) is 0 Å². The highest BCUT2D eigenvalue weighted by Gasteiger charge is 2.29. The summed E-state index contributed by atoms with van der Waals surface area (Å²) < 4.78 is 31.6. The van der Waals surface area contributed by atoms with Gasteiger partial charge in [-0.05, 0) is 93.8 Å². The Morgan fingerprint density at radius 2 is 1.64 bits per heavy atom. The van der Waals surface area contributed by atoms with Gasteiger partial charge in [0.1, 0.15) is 5.60 Å². The summed E-state index contributed by atoms with van der Waals surface area (Å²) >= 11 is 6.35. The number of rotatable bonds is 7. The molecule has 0 radical (unpaired) electrons. The zero-order chi connectivity index (χ0) is 32.7. The molecule has 0 spiro atoms. The van der Waals surface area contributed by atoms with Crippen LogP contribution in [0.3, 0.4) is 0 Å². The number of carbonyl (C=O) groups is 3. The van der Waals surface area contributed by atoms with Crippen LogP contribution in [0.25, 0.3) is 16.9 Å². The summed E-state index contributed by atoms with van der Waals surface area (Å²) in [5, 5.41) is 10.2. The van der Waals surface area contributed by atoms with Crippen molar-refractivity contribution >= 4 is 50.7 Å². The number of nitrogens with zero attached hydrogens (tertiary/aromatic N) is 2. The number of nitrogens with two attached hydrogens (primary N) is 1. The zero-order valence-electron chi connectivity index (χ0n) is 25.1. The molecule has 0 atom stereocenters. The Bertz CT molecular complexity index is 1950. The van der Waals surface area contributed by atoms with E-state index < -0.39 is 33.3 Å². The van der Waals surface area contributed by atoms with Gasteiger partial charge in [0.25, 0.3) is 11.8 Å². The number of aryl methyl sites for hydroxylation is 1. The van der Waals surface area contributed by atoms with E-state index in [9.17, 15) is 22.8 Å². The summed E-state index contributed by atoms with van der Waals surface area (Å²) in [5.74, 6) is -1.23. The Morgan fingerprint density at radius 1 is 0.978 bits per heavy atom. The zero-order valence-corrected chi connectivity index (χ0v) is 26.7. The van der Waals surface area contributed by atoms with Gasteiger partial charge in [0.05, 0.1) is 32.6 Å². The minimum atomic E-state index is -3.41. The quantitative estimate of drug-likeness (QED) is 0.228. The van der Waals surface area contributed by atoms with Crippen molar-refractivity contribution in [3.8, 4) is 16.9 Å². The van der Waals surface area contributed by atoms with Crippen LogP contribution in [0.15, 0.2) is 65.6 Å². The van der Waals surface area contributed by atoms with Crippen LogP contribution in [-0.4, -0.2) is 47.5 Å². The predicted molar refractivity (Wildman–Crippen MR) is 172 cm³/mol. The van der Waals surface area contributed by atoms with Gasteiger partial charge >= 0.3 is 6.09 Å². The first-order valence-electron chi connectivity index (χ1n) is 14.2. The lowest BCUT2D eigenvalue weighted by atomic mass is 9.88. The molecule has 4 N–H and O–H groups in total. The average molecular weight is 650 g/mol. The van der Waals surface area contributed by atoms with Crippen LogP contribution in [0.1, 0.15) is 59.7 Å². The van der Waals surface area contributed by atoms with E-state index in [0.29, 0.717) is 41.2 Å². The smallest absolute Gasteiger partial charge is 0.412 e. The molecule has 4 aromatic rings. The fourth-order valence-electron chi connectivity index (χ4n) is 5.06. The summed E-state index contributed by atoms with van der Waals surface area (Å²) in [6, 6.07) is 16.2. The molecule has 5 rings (SSSR count). The first kappa shape index (κ1) is 31.7. The van der Waals surface area contributed by atoms with Gasteiger partial charge in [-0.15, -0.1) is 0 Å². The van der Waals surface area contributed by atoms with E-state index in [2.05, 4.69) is 15.7 Å². The van der Waals surface area contributed by atoms with Gasteiger partial charge in [-0.25, -0.2) is 17.9 Å². The molecule has 1 aliphatic carbocycles. The maximum atomic E-state index is 13.4. The molecule has 1 heterocycles. The Morgan fingerprint density at radius 3 is 2.29 bits per heavy atom. The minimum absolute atomic E-state index is 0.0348. The topological polar surface area (TPSA) is 162 Å². The molecule has 0 bridgehead atoms. The van der Waals surface area contributed by atoms with Crippen LogP contribution in [0.4, 0.5) is 16.2 Å². The number of nitrogens with one attached hydrogen (secondary N) is 2. The molecule has 11 nitrogen and oxygen atoms in total. The SMILES string of the molecule is CCS(=O)(=O)c1ccc(-n2nc(C(N)=O)c3c2-c2cc(NC(=O)c4cc(NC(=O)OC(C)(C)C)ccc4Cl)ccc2CC3)cc1. The van der Waals surface area contributed by atoms with Crippen LogP contribution in [-0.2, 0) is 27.4 Å². The normalized spacial score (nSPS) is 12.6. The number of halogens is 1. The molecule has 3 amide bonds. The van der Waals surface area contributed by atoms with Gasteiger partial charge < -0.3 is 15.8 Å². The fraction of sp³-hybridized carbons (Fsp3) is 0.250. The van der Waals surface area contributed by atoms with E-state index in [4.69, 9.17) is 22.1 Å². The van der Waals surface area contributed by atoms with Crippen LogP contribution >= 0.6 is 11.6 Å². The maximum absolute atomic E-state index is 13.4. The average Bonchev–Trinajstić information content (AvgIpc) is 3.38. The second kappa shape index (κ2) is 12.0. The Kier molecular flexibility index (Phi) is 8.47. The van der Waals surface area contributed by atoms with Crippen molar-refractivity contribution in [1.29, 1.82) is 0 Å². The molecule has 45 heavy (non-hydrogen) atoms. The highest BCUT2D eigenvalue weighted by molar-refractivity contribution is 7.91. The van der Waals surface area contributed by atoms with Gasteiger partial charge in [0.15, 0.2) is 15.5 Å². The summed E-state index contributed by atoms with van der Waals surface area (Å²) in [5.41, 5.74) is 9.54. The number of hydrogen-bond donors (Lipinski definition) is 3. The molecule has 13 heteroatoms. The number of sulfone groups is 1. The van der Waals surface area contributed by atoms with E-state index >= 15 is 0 Å². The number of primary amides is 1. The number of aromatic nitrogens is 2. The van der Waals surface area contributed by atoms with E-state index in [1.807, 2.05) is 6.07 Å². The third kappa shape index (κ3) is 6.71.